The Bertz CT molecular complexity index is 15.5. The fourth-order valence-electron chi connectivity index (χ4n) is 0. The Morgan fingerprint density at radius 2 is 1.75 bits per heavy atom. The quantitative estimate of drug-likeness (QED) is 0.608. The van der Waals surface area contributed by atoms with Gasteiger partial charge in [-0.05, 0) is 0 Å². The summed E-state index contributed by atoms with van der Waals surface area (Å²) in [6, 6.07) is 0. The Balaban J connectivity index is 0. The third kappa shape index (κ3) is 10.5. The molecule has 0 unspecified atom stereocenters. The molecule has 0 atom stereocenters. The fourth-order valence-corrected chi connectivity index (χ4v) is 0. The Morgan fingerprint density at radius 3 is 1.75 bits per heavy atom. The molecule has 0 aliphatic rings. The van der Waals surface area contributed by atoms with Crippen LogP contribution in [0.25, 0.3) is 0 Å². The van der Waals surface area contributed by atoms with Crippen molar-refractivity contribution in [3.63, 3.8) is 0 Å². The molecule has 0 aliphatic heterocycles. The van der Waals surface area contributed by atoms with E-state index in [0.29, 0.717) is 0 Å². The van der Waals surface area contributed by atoms with Gasteiger partial charge in [-0.25, -0.2) is 0 Å². The van der Waals surface area contributed by atoms with Gasteiger partial charge in [-0.1, -0.05) is 0 Å². The Hall–Kier alpha value is 1.27. The maximum absolute atomic E-state index is 8.78. The summed E-state index contributed by atoms with van der Waals surface area (Å²) in [5.41, 5.74) is 0. The molecule has 33 valence electrons. The van der Waals surface area contributed by atoms with E-state index in [1.807, 2.05) is 0 Å². The summed E-state index contributed by atoms with van der Waals surface area (Å²) >= 11 is -1.03. The first kappa shape index (κ1) is 8.98. The van der Waals surface area contributed by atoms with Gasteiger partial charge in [0.2, 0.25) is 0 Å². The molecule has 0 spiro atoms. The van der Waals surface area contributed by atoms with Crippen molar-refractivity contribution in [3.05, 3.63) is 0 Å². The van der Waals surface area contributed by atoms with Crippen LogP contribution in [-0.4, -0.2) is 0 Å². The summed E-state index contributed by atoms with van der Waals surface area (Å²) in [6.45, 7) is 4.53. The number of halogens is 2. The van der Waals surface area contributed by atoms with Crippen LogP contribution < -0.4 is 0 Å². The molecule has 1 nitrogen and oxygen atoms in total. The molecule has 0 bridgehead atoms. The van der Waals surface area contributed by atoms with Crippen LogP contribution in [0.4, 0.5) is 4.70 Å². The Morgan fingerprint density at radius 1 is 1.75 bits per heavy atom. The second kappa shape index (κ2) is 8.86. The van der Waals surface area contributed by atoms with Crippen molar-refractivity contribution in [2.75, 3.05) is 0 Å². The standard InChI is InChI=1S/ClH.Er.FH.O/h1H;;1H;/q;+1;;/p-1. The summed E-state index contributed by atoms with van der Waals surface area (Å²) in [5.74, 6) is 0. The minimum absolute atomic E-state index is 0. The van der Waals surface area contributed by atoms with E-state index in [4.69, 9.17) is 1.49 Å². The maximum atomic E-state index is 8.78. The van der Waals surface area contributed by atoms with Gasteiger partial charge in [0.25, 0.3) is 0 Å². The summed E-state index contributed by atoms with van der Waals surface area (Å²) in [6.07, 6.45) is 0. The van der Waals surface area contributed by atoms with Crippen molar-refractivity contribution in [1.29, 1.82) is 0 Å². The predicted octanol–water partition coefficient (Wildman–Crippen LogP) is 0.723. The molecule has 0 saturated carbocycles. The summed E-state index contributed by atoms with van der Waals surface area (Å²) < 4.78 is 8.78. The van der Waals surface area contributed by atoms with Crippen molar-refractivity contribution in [2.45, 2.75) is 0 Å². The molecule has 0 saturated heterocycles. The van der Waals surface area contributed by atoms with Crippen LogP contribution in [0, 0.1) is 32.0 Å². The van der Waals surface area contributed by atoms with E-state index in [1.54, 1.807) is 0 Å². The van der Waals surface area contributed by atoms with Crippen LogP contribution in [-0.2, 0) is 1.49 Å². The SMILES string of the molecule is F.[O]=[Er][Cl]. The van der Waals surface area contributed by atoms with Gasteiger partial charge in [0, 0.05) is 0 Å². The molecule has 0 amide bonds. The molecule has 0 aromatic carbocycles. The molecule has 0 radical (unpaired) electrons. The monoisotopic (exact) mass is 237 g/mol. The average Bonchev–Trinajstić information content (AvgIpc) is 0.918. The first-order valence-corrected chi connectivity index (χ1v) is 3.30. The van der Waals surface area contributed by atoms with Crippen LogP contribution >= 0.6 is 6.47 Å². The van der Waals surface area contributed by atoms with Crippen LogP contribution in [0.5, 0.6) is 0 Å². The molecular formula is HClErFO. The number of hydrogen-bond donors (Lipinski definition) is 0. The molecule has 0 N–H and O–H groups in total. The van der Waals surface area contributed by atoms with Crippen LogP contribution in [0.15, 0.2) is 0 Å². The van der Waals surface area contributed by atoms with Gasteiger partial charge in [-0.3, -0.25) is 4.70 Å². The van der Waals surface area contributed by atoms with E-state index < -0.39 is 32.0 Å². The van der Waals surface area contributed by atoms with Crippen LogP contribution in [0.3, 0.4) is 0 Å². The van der Waals surface area contributed by atoms with E-state index in [2.05, 4.69) is 6.47 Å². The topological polar surface area (TPSA) is 17.1 Å². The van der Waals surface area contributed by atoms with Gasteiger partial charge in [0.05, 0.1) is 0 Å². The van der Waals surface area contributed by atoms with Crippen molar-refractivity contribution >= 4 is 6.47 Å². The van der Waals surface area contributed by atoms with Gasteiger partial charge in [0.1, 0.15) is 0 Å². The normalized spacial score (nSPS) is 5.25. The summed E-state index contributed by atoms with van der Waals surface area (Å²) in [7, 11) is 0. The van der Waals surface area contributed by atoms with Crippen LogP contribution in [0.2, 0.25) is 0 Å². The molecule has 0 rings (SSSR count). The number of rotatable bonds is 0. The van der Waals surface area contributed by atoms with Gasteiger partial charge in [-0.15, -0.1) is 0 Å². The van der Waals surface area contributed by atoms with Crippen LogP contribution in [0.1, 0.15) is 0 Å². The predicted molar refractivity (Wildman–Crippen MR) is 9.04 cm³/mol. The molecule has 0 aromatic heterocycles. The van der Waals surface area contributed by atoms with Crippen molar-refractivity contribution in [2.24, 2.45) is 0 Å². The molecule has 0 aromatic rings. The number of hydrogen-bond acceptors (Lipinski definition) is 1. The molecule has 0 heterocycles. The van der Waals surface area contributed by atoms with E-state index in [0.717, 1.165) is 0 Å². The third-order valence-corrected chi connectivity index (χ3v) is 0. The third-order valence-electron chi connectivity index (χ3n) is 0. The summed E-state index contributed by atoms with van der Waals surface area (Å²) in [4.78, 5) is 0. The molecular weight excluding hydrogens is 238 g/mol. The minimum atomic E-state index is -1.03. The zero-order valence-electron chi connectivity index (χ0n) is 1.48. The van der Waals surface area contributed by atoms with E-state index in [-0.39, 0.29) is 4.70 Å². The van der Waals surface area contributed by atoms with Gasteiger partial charge >= 0.3 is 40.0 Å². The van der Waals surface area contributed by atoms with Gasteiger partial charge in [-0.2, -0.15) is 0 Å². The summed E-state index contributed by atoms with van der Waals surface area (Å²) in [5, 5.41) is 0. The van der Waals surface area contributed by atoms with Crippen molar-refractivity contribution in [1.82, 2.24) is 0 Å². The van der Waals surface area contributed by atoms with Crippen molar-refractivity contribution < 1.29 is 38.2 Å². The van der Waals surface area contributed by atoms with Gasteiger partial charge in [0.15, 0.2) is 0 Å². The van der Waals surface area contributed by atoms with E-state index >= 15 is 0 Å². The van der Waals surface area contributed by atoms with Crippen molar-refractivity contribution in [3.8, 4) is 0 Å². The molecule has 0 aliphatic carbocycles. The van der Waals surface area contributed by atoms with Gasteiger partial charge < -0.3 is 0 Å². The first-order chi connectivity index (χ1) is 1.41. The molecule has 4 heavy (non-hydrogen) atoms. The second-order valence-corrected chi connectivity index (χ2v) is 0.991. The Labute approximate surface area is 44.3 Å². The molecule has 4 heteroatoms. The Kier molecular flexibility index (Phi) is 19.9. The van der Waals surface area contributed by atoms with E-state index in [1.165, 1.54) is 0 Å². The zero-order valence-corrected chi connectivity index (χ0v) is 4.09. The fraction of sp³-hybridized carbons (Fsp3) is 0. The second-order valence-electron chi connectivity index (χ2n) is 0.0445. The molecule has 0 fully saturated rings. The first-order valence-electron chi connectivity index (χ1n) is 0.227. The average molecular weight is 239 g/mol. The van der Waals surface area contributed by atoms with E-state index in [9.17, 15) is 0 Å². The zero-order chi connectivity index (χ0) is 2.71.